The van der Waals surface area contributed by atoms with Gasteiger partial charge in [0.15, 0.2) is 11.5 Å². The summed E-state index contributed by atoms with van der Waals surface area (Å²) in [7, 11) is -2.07. The molecule has 0 bridgehead atoms. The molecule has 112 valence electrons. The first-order chi connectivity index (χ1) is 10.1. The molecule has 0 unspecified atom stereocenters. The van der Waals surface area contributed by atoms with E-state index in [4.69, 9.17) is 9.47 Å². The summed E-state index contributed by atoms with van der Waals surface area (Å²) in [4.78, 5) is 0.178. The van der Waals surface area contributed by atoms with Gasteiger partial charge >= 0.3 is 0 Å². The number of nitrogens with zero attached hydrogens (tertiary/aromatic N) is 2. The van der Waals surface area contributed by atoms with Crippen LogP contribution in [0.25, 0.3) is 0 Å². The Kier molecular flexibility index (Phi) is 3.56. The minimum atomic E-state index is -3.59. The highest BCUT2D eigenvalue weighted by molar-refractivity contribution is 7.89. The molecule has 0 aliphatic carbocycles. The number of nitrogens with one attached hydrogen (secondary N) is 1. The fourth-order valence-electron chi connectivity index (χ4n) is 2.07. The van der Waals surface area contributed by atoms with Crippen molar-refractivity contribution in [1.29, 1.82) is 0 Å². The third-order valence-electron chi connectivity index (χ3n) is 3.18. The number of sulfonamides is 1. The number of hydrogen-bond donors (Lipinski definition) is 1. The third-order valence-corrected chi connectivity index (χ3v) is 4.98. The summed E-state index contributed by atoms with van der Waals surface area (Å²) in [5, 5.41) is 6.46. The number of aromatic nitrogens is 2. The average molecular weight is 309 g/mol. The number of aromatic amines is 1. The lowest BCUT2D eigenvalue weighted by Crippen LogP contribution is -2.26. The van der Waals surface area contributed by atoms with E-state index in [9.17, 15) is 8.42 Å². The second kappa shape index (κ2) is 5.38. The molecule has 1 aliphatic heterocycles. The molecule has 2 aromatic rings. The number of fused-ring (bicyclic) bond motifs is 1. The molecule has 3 rings (SSSR count). The molecular formula is C13H15N3O4S. The number of hydrogen-bond acceptors (Lipinski definition) is 5. The number of benzene rings is 1. The standard InChI is InChI=1S/C13H15N3O4S/c1-16(9-10-7-14-15-8-10)21(17,18)11-2-3-12-13(6-11)20-5-4-19-12/h2-3,6-8H,4-5,9H2,1H3,(H,14,15). The second-order valence-corrected chi connectivity index (χ2v) is 6.72. The summed E-state index contributed by atoms with van der Waals surface area (Å²) in [6.45, 7) is 1.13. The van der Waals surface area contributed by atoms with E-state index in [1.807, 2.05) is 0 Å². The Bertz CT molecular complexity index is 728. The van der Waals surface area contributed by atoms with Crippen LogP contribution in [-0.2, 0) is 16.6 Å². The van der Waals surface area contributed by atoms with Gasteiger partial charge in [-0.25, -0.2) is 8.42 Å². The summed E-state index contributed by atoms with van der Waals surface area (Å²) in [5.74, 6) is 1.02. The fraction of sp³-hybridized carbons (Fsp3) is 0.308. The van der Waals surface area contributed by atoms with E-state index in [0.717, 1.165) is 5.56 Å². The minimum Gasteiger partial charge on any atom is -0.486 e. The molecule has 0 atom stereocenters. The van der Waals surface area contributed by atoms with Gasteiger partial charge in [-0.2, -0.15) is 9.40 Å². The first-order valence-electron chi connectivity index (χ1n) is 6.41. The summed E-state index contributed by atoms with van der Waals surface area (Å²) < 4.78 is 37.2. The highest BCUT2D eigenvalue weighted by Gasteiger charge is 2.24. The molecule has 0 fully saturated rings. The van der Waals surface area contributed by atoms with Crippen molar-refractivity contribution < 1.29 is 17.9 Å². The Labute approximate surface area is 122 Å². The van der Waals surface area contributed by atoms with Crippen LogP contribution in [0.3, 0.4) is 0 Å². The fourth-order valence-corrected chi connectivity index (χ4v) is 3.25. The Morgan fingerprint density at radius 1 is 1.29 bits per heavy atom. The van der Waals surface area contributed by atoms with E-state index in [1.165, 1.54) is 23.5 Å². The zero-order valence-corrected chi connectivity index (χ0v) is 12.3. The molecule has 0 spiro atoms. The largest absolute Gasteiger partial charge is 0.486 e. The van der Waals surface area contributed by atoms with Crippen molar-refractivity contribution in [3.8, 4) is 11.5 Å². The Morgan fingerprint density at radius 3 is 2.76 bits per heavy atom. The van der Waals surface area contributed by atoms with Crippen LogP contribution in [0, 0.1) is 0 Å². The van der Waals surface area contributed by atoms with Crippen LogP contribution in [0.2, 0.25) is 0 Å². The predicted molar refractivity (Wildman–Crippen MR) is 74.7 cm³/mol. The zero-order chi connectivity index (χ0) is 14.9. The number of ether oxygens (including phenoxy) is 2. The van der Waals surface area contributed by atoms with Crippen LogP contribution in [0.15, 0.2) is 35.5 Å². The maximum atomic E-state index is 12.5. The van der Waals surface area contributed by atoms with Gasteiger partial charge in [-0.1, -0.05) is 0 Å². The van der Waals surface area contributed by atoms with Crippen LogP contribution < -0.4 is 9.47 Å². The van der Waals surface area contributed by atoms with Crippen LogP contribution in [0.5, 0.6) is 11.5 Å². The van der Waals surface area contributed by atoms with Crippen LogP contribution in [0.4, 0.5) is 0 Å². The van der Waals surface area contributed by atoms with Crippen LogP contribution in [-0.4, -0.2) is 43.2 Å². The molecule has 0 amide bonds. The maximum absolute atomic E-state index is 12.5. The normalized spacial score (nSPS) is 14.4. The van der Waals surface area contributed by atoms with Gasteiger partial charge in [0, 0.05) is 31.4 Å². The molecule has 2 heterocycles. The van der Waals surface area contributed by atoms with E-state index in [-0.39, 0.29) is 11.4 Å². The van der Waals surface area contributed by atoms with Gasteiger partial charge in [0.25, 0.3) is 0 Å². The SMILES string of the molecule is CN(Cc1cn[nH]c1)S(=O)(=O)c1ccc2c(c1)OCCO2. The molecular weight excluding hydrogens is 294 g/mol. The van der Waals surface area contributed by atoms with E-state index in [0.29, 0.717) is 24.7 Å². The molecule has 21 heavy (non-hydrogen) atoms. The first kappa shape index (κ1) is 13.9. The van der Waals surface area contributed by atoms with E-state index in [2.05, 4.69) is 10.2 Å². The highest BCUT2D eigenvalue weighted by atomic mass is 32.2. The van der Waals surface area contributed by atoms with Crippen molar-refractivity contribution in [2.24, 2.45) is 0 Å². The van der Waals surface area contributed by atoms with Crippen molar-refractivity contribution >= 4 is 10.0 Å². The topological polar surface area (TPSA) is 84.5 Å². The van der Waals surface area contributed by atoms with Gasteiger partial charge in [0.2, 0.25) is 10.0 Å². The van der Waals surface area contributed by atoms with Gasteiger partial charge in [0.1, 0.15) is 13.2 Å². The summed E-state index contributed by atoms with van der Waals surface area (Å²) in [5.41, 5.74) is 0.790. The van der Waals surface area contributed by atoms with Crippen molar-refractivity contribution in [3.63, 3.8) is 0 Å². The van der Waals surface area contributed by atoms with Crippen LogP contribution in [0.1, 0.15) is 5.56 Å². The molecule has 0 saturated heterocycles. The Hall–Kier alpha value is -2.06. The minimum absolute atomic E-state index is 0.178. The smallest absolute Gasteiger partial charge is 0.243 e. The van der Waals surface area contributed by atoms with Gasteiger partial charge < -0.3 is 9.47 Å². The maximum Gasteiger partial charge on any atom is 0.243 e. The molecule has 7 nitrogen and oxygen atoms in total. The molecule has 1 aromatic carbocycles. The lowest BCUT2D eigenvalue weighted by atomic mass is 10.3. The summed E-state index contributed by atoms with van der Waals surface area (Å²) in [6, 6.07) is 4.64. The van der Waals surface area contributed by atoms with Crippen molar-refractivity contribution in [2.75, 3.05) is 20.3 Å². The first-order valence-corrected chi connectivity index (χ1v) is 7.85. The van der Waals surface area contributed by atoms with Gasteiger partial charge in [-0.05, 0) is 12.1 Å². The third kappa shape index (κ3) is 2.72. The lowest BCUT2D eigenvalue weighted by Gasteiger charge is -2.21. The molecule has 0 saturated carbocycles. The monoisotopic (exact) mass is 309 g/mol. The van der Waals surface area contributed by atoms with Gasteiger partial charge in [-0.3, -0.25) is 5.10 Å². The van der Waals surface area contributed by atoms with Crippen molar-refractivity contribution in [2.45, 2.75) is 11.4 Å². The quantitative estimate of drug-likeness (QED) is 0.911. The Morgan fingerprint density at radius 2 is 2.05 bits per heavy atom. The molecule has 1 aliphatic rings. The molecule has 0 radical (unpaired) electrons. The van der Waals surface area contributed by atoms with E-state index in [1.54, 1.807) is 18.5 Å². The highest BCUT2D eigenvalue weighted by Crippen LogP contribution is 2.33. The average Bonchev–Trinajstić information content (AvgIpc) is 2.99. The summed E-state index contributed by atoms with van der Waals surface area (Å²) >= 11 is 0. The summed E-state index contributed by atoms with van der Waals surface area (Å²) in [6.07, 6.45) is 3.26. The second-order valence-electron chi connectivity index (χ2n) is 4.67. The lowest BCUT2D eigenvalue weighted by molar-refractivity contribution is 0.171. The number of H-pyrrole nitrogens is 1. The zero-order valence-electron chi connectivity index (χ0n) is 11.4. The Balaban J connectivity index is 1.87. The molecule has 1 aromatic heterocycles. The van der Waals surface area contributed by atoms with E-state index < -0.39 is 10.0 Å². The van der Waals surface area contributed by atoms with E-state index >= 15 is 0 Å². The molecule has 1 N–H and O–H groups in total. The molecule has 8 heteroatoms. The van der Waals surface area contributed by atoms with Gasteiger partial charge in [0.05, 0.1) is 11.1 Å². The van der Waals surface area contributed by atoms with Crippen LogP contribution >= 0.6 is 0 Å². The van der Waals surface area contributed by atoms with Gasteiger partial charge in [-0.15, -0.1) is 0 Å². The van der Waals surface area contributed by atoms with Crippen molar-refractivity contribution in [3.05, 3.63) is 36.2 Å². The predicted octanol–water partition coefficient (Wildman–Crippen LogP) is 1.00. The number of rotatable bonds is 4. The van der Waals surface area contributed by atoms with Crippen molar-refractivity contribution in [1.82, 2.24) is 14.5 Å².